The van der Waals surface area contributed by atoms with Gasteiger partial charge in [-0.3, -0.25) is 9.59 Å². The van der Waals surface area contributed by atoms with E-state index in [9.17, 15) is 9.59 Å². The molecule has 0 spiro atoms. The van der Waals surface area contributed by atoms with Crippen LogP contribution in [-0.2, 0) is 11.3 Å². The van der Waals surface area contributed by atoms with Gasteiger partial charge < -0.3 is 20.4 Å². The molecule has 1 saturated heterocycles. The first-order chi connectivity index (χ1) is 8.67. The van der Waals surface area contributed by atoms with Crippen molar-refractivity contribution in [3.8, 4) is 0 Å². The van der Waals surface area contributed by atoms with Crippen molar-refractivity contribution in [1.29, 1.82) is 0 Å². The second kappa shape index (κ2) is 6.58. The fraction of sp³-hybridized carbons (Fsp3) is 0.500. The molecular formula is C12H18ClN3O3. The third-order valence-corrected chi connectivity index (χ3v) is 3.08. The minimum absolute atomic E-state index is 0. The van der Waals surface area contributed by atoms with E-state index in [0.29, 0.717) is 30.8 Å². The number of carbonyl (C=O) groups is 2. The molecule has 6 nitrogen and oxygen atoms in total. The van der Waals surface area contributed by atoms with E-state index in [-0.39, 0.29) is 30.8 Å². The first kappa shape index (κ1) is 15.5. The van der Waals surface area contributed by atoms with Crippen molar-refractivity contribution in [2.75, 3.05) is 13.1 Å². The first-order valence-corrected chi connectivity index (χ1v) is 6.03. The van der Waals surface area contributed by atoms with Gasteiger partial charge in [0.1, 0.15) is 18.1 Å². The molecule has 2 rings (SSSR count). The third kappa shape index (κ3) is 3.08. The average molecular weight is 288 g/mol. The number of rotatable bonds is 3. The van der Waals surface area contributed by atoms with Crippen LogP contribution in [0.25, 0.3) is 0 Å². The number of hydrogen-bond donors (Lipinski definition) is 2. The van der Waals surface area contributed by atoms with Crippen molar-refractivity contribution in [3.05, 3.63) is 23.7 Å². The lowest BCUT2D eigenvalue weighted by Gasteiger charge is -2.34. The molecule has 7 heteroatoms. The van der Waals surface area contributed by atoms with E-state index in [1.54, 1.807) is 11.0 Å². The van der Waals surface area contributed by atoms with Gasteiger partial charge in [0.05, 0.1) is 12.1 Å². The number of hydrogen-bond acceptors (Lipinski definition) is 4. The van der Waals surface area contributed by atoms with Crippen molar-refractivity contribution in [2.45, 2.75) is 25.9 Å². The Morgan fingerprint density at radius 2 is 2.37 bits per heavy atom. The van der Waals surface area contributed by atoms with Gasteiger partial charge in [0, 0.05) is 13.1 Å². The minimum Gasteiger partial charge on any atom is -0.467 e. The summed E-state index contributed by atoms with van der Waals surface area (Å²) in [5.74, 6) is 0.285. The molecule has 1 fully saturated rings. The van der Waals surface area contributed by atoms with E-state index in [1.807, 2.05) is 6.92 Å². The standard InChI is InChI=1S/C12H17N3O3.ClH/c1-2-10-11(16)14-3-4-15(10)12(17)8-5-9(6-13)18-7-8;/h5,7,10H,2-4,6,13H2,1H3,(H,14,16);1H. The van der Waals surface area contributed by atoms with Gasteiger partial charge in [-0.25, -0.2) is 0 Å². The van der Waals surface area contributed by atoms with Crippen LogP contribution in [0.1, 0.15) is 29.5 Å². The molecule has 1 aliphatic heterocycles. The zero-order chi connectivity index (χ0) is 13.1. The van der Waals surface area contributed by atoms with E-state index in [0.717, 1.165) is 0 Å². The zero-order valence-corrected chi connectivity index (χ0v) is 11.5. The lowest BCUT2D eigenvalue weighted by atomic mass is 10.1. The molecule has 0 saturated carbocycles. The highest BCUT2D eigenvalue weighted by Crippen LogP contribution is 2.15. The van der Waals surface area contributed by atoms with Crippen molar-refractivity contribution in [2.24, 2.45) is 5.73 Å². The summed E-state index contributed by atoms with van der Waals surface area (Å²) in [5.41, 5.74) is 5.88. The van der Waals surface area contributed by atoms with Crippen LogP contribution >= 0.6 is 12.4 Å². The van der Waals surface area contributed by atoms with Gasteiger partial charge in [0.25, 0.3) is 5.91 Å². The van der Waals surface area contributed by atoms with E-state index >= 15 is 0 Å². The third-order valence-electron chi connectivity index (χ3n) is 3.08. The fourth-order valence-corrected chi connectivity index (χ4v) is 2.13. The maximum absolute atomic E-state index is 12.3. The van der Waals surface area contributed by atoms with Crippen molar-refractivity contribution in [3.63, 3.8) is 0 Å². The summed E-state index contributed by atoms with van der Waals surface area (Å²) in [6, 6.07) is 1.23. The summed E-state index contributed by atoms with van der Waals surface area (Å²) in [7, 11) is 0. The summed E-state index contributed by atoms with van der Waals surface area (Å²) in [5, 5.41) is 2.76. The van der Waals surface area contributed by atoms with Crippen LogP contribution in [0.4, 0.5) is 0 Å². The van der Waals surface area contributed by atoms with E-state index in [1.165, 1.54) is 6.26 Å². The van der Waals surface area contributed by atoms with Gasteiger partial charge in [-0.15, -0.1) is 12.4 Å². The van der Waals surface area contributed by atoms with E-state index in [4.69, 9.17) is 10.2 Å². The van der Waals surface area contributed by atoms with Crippen molar-refractivity contribution >= 4 is 24.2 Å². The highest BCUT2D eigenvalue weighted by Gasteiger charge is 2.32. The Hall–Kier alpha value is -1.53. The molecule has 0 radical (unpaired) electrons. The maximum Gasteiger partial charge on any atom is 0.257 e. The van der Waals surface area contributed by atoms with Crippen LogP contribution in [0.5, 0.6) is 0 Å². The number of nitrogens with zero attached hydrogens (tertiary/aromatic N) is 1. The summed E-state index contributed by atoms with van der Waals surface area (Å²) in [4.78, 5) is 25.6. The summed E-state index contributed by atoms with van der Waals surface area (Å²) in [6.07, 6.45) is 1.99. The first-order valence-electron chi connectivity index (χ1n) is 6.03. The largest absolute Gasteiger partial charge is 0.467 e. The highest BCUT2D eigenvalue weighted by molar-refractivity contribution is 5.98. The molecule has 106 valence electrons. The number of nitrogens with two attached hydrogens (primary N) is 1. The summed E-state index contributed by atoms with van der Waals surface area (Å²) < 4.78 is 5.15. The Morgan fingerprint density at radius 1 is 1.63 bits per heavy atom. The molecule has 19 heavy (non-hydrogen) atoms. The monoisotopic (exact) mass is 287 g/mol. The number of piperazine rings is 1. The quantitative estimate of drug-likeness (QED) is 0.848. The molecule has 1 aliphatic rings. The number of furan rings is 1. The molecule has 0 bridgehead atoms. The molecule has 1 aromatic rings. The summed E-state index contributed by atoms with van der Waals surface area (Å²) >= 11 is 0. The molecule has 2 heterocycles. The fourth-order valence-electron chi connectivity index (χ4n) is 2.13. The second-order valence-electron chi connectivity index (χ2n) is 4.22. The molecule has 3 N–H and O–H groups in total. The Labute approximate surface area is 117 Å². The van der Waals surface area contributed by atoms with Gasteiger partial charge in [0.15, 0.2) is 0 Å². The van der Waals surface area contributed by atoms with Gasteiger partial charge in [0.2, 0.25) is 5.91 Å². The lowest BCUT2D eigenvalue weighted by Crippen LogP contribution is -2.56. The topological polar surface area (TPSA) is 88.6 Å². The molecule has 1 unspecified atom stereocenters. The smallest absolute Gasteiger partial charge is 0.257 e. The molecule has 1 aromatic heterocycles. The second-order valence-corrected chi connectivity index (χ2v) is 4.22. The highest BCUT2D eigenvalue weighted by atomic mass is 35.5. The van der Waals surface area contributed by atoms with E-state index in [2.05, 4.69) is 5.32 Å². The normalized spacial score (nSPS) is 18.7. The Balaban J connectivity index is 0.00000180. The molecule has 2 amide bonds. The van der Waals surface area contributed by atoms with Crippen LogP contribution < -0.4 is 11.1 Å². The van der Waals surface area contributed by atoms with Crippen molar-refractivity contribution < 1.29 is 14.0 Å². The van der Waals surface area contributed by atoms with Crippen LogP contribution in [-0.4, -0.2) is 35.8 Å². The van der Waals surface area contributed by atoms with Gasteiger partial charge in [-0.05, 0) is 12.5 Å². The molecule has 0 aliphatic carbocycles. The molecule has 0 aromatic carbocycles. The SMILES string of the molecule is CCC1C(=O)NCCN1C(=O)c1coc(CN)c1.Cl. The minimum atomic E-state index is -0.400. The number of halogens is 1. The predicted octanol–water partition coefficient (Wildman–Crippen LogP) is 0.511. The van der Waals surface area contributed by atoms with Gasteiger partial charge >= 0.3 is 0 Å². The van der Waals surface area contributed by atoms with Gasteiger partial charge in [-0.2, -0.15) is 0 Å². The zero-order valence-electron chi connectivity index (χ0n) is 10.7. The predicted molar refractivity (Wildman–Crippen MR) is 72.0 cm³/mol. The number of nitrogens with one attached hydrogen (secondary N) is 1. The molecule has 1 atom stereocenters. The average Bonchev–Trinajstić information content (AvgIpc) is 2.86. The lowest BCUT2D eigenvalue weighted by molar-refractivity contribution is -0.127. The van der Waals surface area contributed by atoms with Crippen LogP contribution in [0.15, 0.2) is 16.7 Å². The Kier molecular flexibility index (Phi) is 5.38. The van der Waals surface area contributed by atoms with Crippen LogP contribution in [0.3, 0.4) is 0 Å². The Morgan fingerprint density at radius 3 is 2.95 bits per heavy atom. The van der Waals surface area contributed by atoms with Crippen molar-refractivity contribution in [1.82, 2.24) is 10.2 Å². The number of amides is 2. The van der Waals surface area contributed by atoms with Gasteiger partial charge in [-0.1, -0.05) is 6.92 Å². The van der Waals surface area contributed by atoms with Crippen LogP contribution in [0, 0.1) is 0 Å². The number of carbonyl (C=O) groups excluding carboxylic acids is 2. The van der Waals surface area contributed by atoms with Crippen LogP contribution in [0.2, 0.25) is 0 Å². The van der Waals surface area contributed by atoms with E-state index < -0.39 is 6.04 Å². The molecular weight excluding hydrogens is 270 g/mol. The maximum atomic E-state index is 12.3. The Bertz CT molecular complexity index is 461. The summed E-state index contributed by atoms with van der Waals surface area (Å²) in [6.45, 7) is 3.15.